The van der Waals surface area contributed by atoms with Gasteiger partial charge in [0.15, 0.2) is 0 Å². The maximum absolute atomic E-state index is 10.6. The number of hydrogen-bond donors (Lipinski definition) is 2. The minimum Gasteiger partial charge on any atom is -0.478 e. The van der Waals surface area contributed by atoms with Gasteiger partial charge in [0.2, 0.25) is 0 Å². The molecule has 0 atom stereocenters. The third-order valence-corrected chi connectivity index (χ3v) is 2.72. The molecule has 0 radical (unpaired) electrons. The highest BCUT2D eigenvalue weighted by molar-refractivity contribution is 7.09. The van der Waals surface area contributed by atoms with Crippen LogP contribution in [-0.2, 0) is 6.54 Å². The molecule has 0 bridgehead atoms. The number of rotatable bonds is 4. The van der Waals surface area contributed by atoms with Gasteiger partial charge in [-0.05, 0) is 12.1 Å². The zero-order valence-corrected chi connectivity index (χ0v) is 9.07. The SMILES string of the molecule is O=C(O)c1ccc(NCc2cncs2)nc1. The number of carbonyl (C=O) groups is 1. The fraction of sp³-hybridized carbons (Fsp3) is 0.100. The first-order valence-corrected chi connectivity index (χ1v) is 5.44. The lowest BCUT2D eigenvalue weighted by atomic mass is 10.3. The second-order valence-corrected chi connectivity index (χ2v) is 4.03. The molecule has 6 heteroatoms. The smallest absolute Gasteiger partial charge is 0.337 e. The summed E-state index contributed by atoms with van der Waals surface area (Å²) in [6.45, 7) is 0.643. The summed E-state index contributed by atoms with van der Waals surface area (Å²) >= 11 is 1.55. The molecule has 0 aliphatic heterocycles. The molecule has 0 spiro atoms. The van der Waals surface area contributed by atoms with Gasteiger partial charge in [-0.3, -0.25) is 4.98 Å². The average molecular weight is 235 g/mol. The molecule has 2 heterocycles. The largest absolute Gasteiger partial charge is 0.478 e. The average Bonchev–Trinajstić information content (AvgIpc) is 2.80. The molecule has 5 nitrogen and oxygen atoms in total. The number of carboxylic acid groups (broad SMARTS) is 1. The maximum Gasteiger partial charge on any atom is 0.337 e. The van der Waals surface area contributed by atoms with E-state index in [-0.39, 0.29) is 5.56 Å². The molecule has 0 aliphatic rings. The summed E-state index contributed by atoms with van der Waals surface area (Å²) in [5, 5.41) is 11.8. The number of anilines is 1. The molecule has 0 aromatic carbocycles. The predicted octanol–water partition coefficient (Wildman–Crippen LogP) is 1.85. The van der Waals surface area contributed by atoms with Crippen molar-refractivity contribution >= 4 is 23.1 Å². The van der Waals surface area contributed by atoms with Crippen LogP contribution in [0.3, 0.4) is 0 Å². The van der Waals surface area contributed by atoms with Crippen molar-refractivity contribution < 1.29 is 9.90 Å². The Kier molecular flexibility index (Phi) is 3.11. The second kappa shape index (κ2) is 4.71. The van der Waals surface area contributed by atoms with E-state index >= 15 is 0 Å². The summed E-state index contributed by atoms with van der Waals surface area (Å²) in [6, 6.07) is 3.16. The van der Waals surface area contributed by atoms with Gasteiger partial charge < -0.3 is 10.4 Å². The molecule has 16 heavy (non-hydrogen) atoms. The van der Waals surface area contributed by atoms with E-state index in [0.29, 0.717) is 12.4 Å². The highest BCUT2D eigenvalue weighted by atomic mass is 32.1. The predicted molar refractivity (Wildman–Crippen MR) is 60.6 cm³/mol. The minimum absolute atomic E-state index is 0.184. The topological polar surface area (TPSA) is 75.1 Å². The van der Waals surface area contributed by atoms with Crippen molar-refractivity contribution in [2.45, 2.75) is 6.54 Å². The maximum atomic E-state index is 10.6. The highest BCUT2D eigenvalue weighted by Gasteiger charge is 2.02. The van der Waals surface area contributed by atoms with Crippen LogP contribution >= 0.6 is 11.3 Å². The number of aromatic carboxylic acids is 1. The molecule has 0 saturated heterocycles. The van der Waals surface area contributed by atoms with Gasteiger partial charge in [0, 0.05) is 17.3 Å². The molecule has 0 fully saturated rings. The number of nitrogens with one attached hydrogen (secondary N) is 1. The van der Waals surface area contributed by atoms with Crippen molar-refractivity contribution in [3.63, 3.8) is 0 Å². The Morgan fingerprint density at radius 3 is 2.88 bits per heavy atom. The molecule has 2 aromatic heterocycles. The summed E-state index contributed by atoms with van der Waals surface area (Å²) in [4.78, 5) is 19.6. The van der Waals surface area contributed by atoms with Crippen LogP contribution in [-0.4, -0.2) is 21.0 Å². The Hall–Kier alpha value is -1.95. The van der Waals surface area contributed by atoms with E-state index in [1.807, 2.05) is 0 Å². The van der Waals surface area contributed by atoms with Crippen LogP contribution in [0.5, 0.6) is 0 Å². The van der Waals surface area contributed by atoms with Gasteiger partial charge in [-0.2, -0.15) is 0 Å². The molecule has 0 saturated carbocycles. The van der Waals surface area contributed by atoms with Crippen molar-refractivity contribution in [1.82, 2.24) is 9.97 Å². The minimum atomic E-state index is -0.971. The fourth-order valence-electron chi connectivity index (χ4n) is 1.13. The van der Waals surface area contributed by atoms with Crippen LogP contribution in [0.15, 0.2) is 30.0 Å². The molecular weight excluding hydrogens is 226 g/mol. The Morgan fingerprint density at radius 2 is 2.31 bits per heavy atom. The normalized spacial score (nSPS) is 10.0. The zero-order chi connectivity index (χ0) is 11.4. The standard InChI is InChI=1S/C10H9N3O2S/c14-10(15)7-1-2-9(12-3-7)13-5-8-4-11-6-16-8/h1-4,6H,5H2,(H,12,13)(H,14,15). The summed E-state index contributed by atoms with van der Waals surface area (Å²) in [5.74, 6) is -0.320. The van der Waals surface area contributed by atoms with Gasteiger partial charge in [-0.25, -0.2) is 9.78 Å². The third-order valence-electron chi connectivity index (χ3n) is 1.94. The Morgan fingerprint density at radius 1 is 1.44 bits per heavy atom. The van der Waals surface area contributed by atoms with E-state index in [1.54, 1.807) is 29.1 Å². The summed E-state index contributed by atoms with van der Waals surface area (Å²) in [7, 11) is 0. The Labute approximate surface area is 95.8 Å². The molecule has 0 aliphatic carbocycles. The Bertz CT molecular complexity index is 467. The van der Waals surface area contributed by atoms with E-state index in [1.165, 1.54) is 12.3 Å². The van der Waals surface area contributed by atoms with E-state index in [4.69, 9.17) is 5.11 Å². The van der Waals surface area contributed by atoms with Crippen LogP contribution in [0.1, 0.15) is 15.2 Å². The van der Waals surface area contributed by atoms with Gasteiger partial charge in [-0.1, -0.05) is 0 Å². The van der Waals surface area contributed by atoms with Crippen molar-refractivity contribution in [3.8, 4) is 0 Å². The van der Waals surface area contributed by atoms with E-state index < -0.39 is 5.97 Å². The molecular formula is C10H9N3O2S. The zero-order valence-electron chi connectivity index (χ0n) is 8.25. The van der Waals surface area contributed by atoms with Gasteiger partial charge in [0.05, 0.1) is 17.6 Å². The van der Waals surface area contributed by atoms with Crippen molar-refractivity contribution in [2.75, 3.05) is 5.32 Å². The van der Waals surface area contributed by atoms with Crippen LogP contribution in [0, 0.1) is 0 Å². The number of pyridine rings is 1. The van der Waals surface area contributed by atoms with Crippen LogP contribution in [0.2, 0.25) is 0 Å². The molecule has 0 amide bonds. The summed E-state index contributed by atoms with van der Waals surface area (Å²) < 4.78 is 0. The van der Waals surface area contributed by atoms with Gasteiger partial charge >= 0.3 is 5.97 Å². The van der Waals surface area contributed by atoms with Gasteiger partial charge in [0.1, 0.15) is 5.82 Å². The monoisotopic (exact) mass is 235 g/mol. The molecule has 2 aromatic rings. The first-order chi connectivity index (χ1) is 7.75. The summed E-state index contributed by atoms with van der Waals surface area (Å²) in [5.41, 5.74) is 1.95. The van der Waals surface area contributed by atoms with Crippen molar-refractivity contribution in [3.05, 3.63) is 40.5 Å². The number of aromatic nitrogens is 2. The second-order valence-electron chi connectivity index (χ2n) is 3.06. The van der Waals surface area contributed by atoms with Crippen LogP contribution in [0.25, 0.3) is 0 Å². The van der Waals surface area contributed by atoms with E-state index in [9.17, 15) is 4.79 Å². The van der Waals surface area contributed by atoms with Crippen LogP contribution in [0.4, 0.5) is 5.82 Å². The quantitative estimate of drug-likeness (QED) is 0.845. The third kappa shape index (κ3) is 2.54. The lowest BCUT2D eigenvalue weighted by Gasteiger charge is -2.03. The van der Waals surface area contributed by atoms with Gasteiger partial charge in [0.25, 0.3) is 0 Å². The fourth-order valence-corrected chi connectivity index (χ4v) is 1.67. The highest BCUT2D eigenvalue weighted by Crippen LogP contribution is 2.10. The molecule has 82 valence electrons. The molecule has 2 N–H and O–H groups in total. The lowest BCUT2D eigenvalue weighted by Crippen LogP contribution is -2.02. The van der Waals surface area contributed by atoms with Gasteiger partial charge in [-0.15, -0.1) is 11.3 Å². The van der Waals surface area contributed by atoms with E-state index in [2.05, 4.69) is 15.3 Å². The van der Waals surface area contributed by atoms with Crippen molar-refractivity contribution in [2.24, 2.45) is 0 Å². The number of carboxylic acids is 1. The first kappa shape index (κ1) is 10.6. The lowest BCUT2D eigenvalue weighted by molar-refractivity contribution is 0.0696. The van der Waals surface area contributed by atoms with Crippen LogP contribution < -0.4 is 5.32 Å². The van der Waals surface area contributed by atoms with E-state index in [0.717, 1.165) is 4.88 Å². The number of thiazole rings is 1. The van der Waals surface area contributed by atoms with Crippen molar-refractivity contribution in [1.29, 1.82) is 0 Å². The number of nitrogens with zero attached hydrogens (tertiary/aromatic N) is 2. The molecule has 0 unspecified atom stereocenters. The Balaban J connectivity index is 1.98. The first-order valence-electron chi connectivity index (χ1n) is 4.56. The molecule has 2 rings (SSSR count). The number of hydrogen-bond acceptors (Lipinski definition) is 5. The summed E-state index contributed by atoms with van der Waals surface area (Å²) in [6.07, 6.45) is 3.11.